The maximum Gasteiger partial charge on any atom is 0.223 e. The Balaban J connectivity index is 1.84. The van der Waals surface area contributed by atoms with Gasteiger partial charge in [-0.25, -0.2) is 0 Å². The summed E-state index contributed by atoms with van der Waals surface area (Å²) in [5.74, 6) is 1.20. The molecule has 1 aromatic heterocycles. The van der Waals surface area contributed by atoms with Gasteiger partial charge in [0.05, 0.1) is 12.2 Å². The first-order chi connectivity index (χ1) is 8.20. The summed E-state index contributed by atoms with van der Waals surface area (Å²) in [7, 11) is 0. The third-order valence-corrected chi connectivity index (χ3v) is 3.41. The molecule has 5 heteroatoms. The van der Waals surface area contributed by atoms with Crippen molar-refractivity contribution in [1.82, 2.24) is 10.5 Å². The second-order valence-electron chi connectivity index (χ2n) is 4.69. The maximum atomic E-state index is 12.0. The molecular weight excluding hydrogens is 218 g/mol. The summed E-state index contributed by atoms with van der Waals surface area (Å²) in [5.41, 5.74) is 6.49. The number of hydrogen-bond donors (Lipinski definition) is 2. The smallest absolute Gasteiger partial charge is 0.223 e. The molecule has 0 spiro atoms. The van der Waals surface area contributed by atoms with Gasteiger partial charge in [0.2, 0.25) is 5.91 Å². The van der Waals surface area contributed by atoms with E-state index < -0.39 is 0 Å². The van der Waals surface area contributed by atoms with E-state index in [0.29, 0.717) is 24.8 Å². The van der Waals surface area contributed by atoms with Gasteiger partial charge in [-0.1, -0.05) is 11.6 Å². The van der Waals surface area contributed by atoms with E-state index in [1.807, 2.05) is 13.0 Å². The van der Waals surface area contributed by atoms with Crippen LogP contribution in [0.5, 0.6) is 0 Å². The molecule has 0 saturated heterocycles. The van der Waals surface area contributed by atoms with Crippen LogP contribution >= 0.6 is 0 Å². The molecule has 1 heterocycles. The van der Waals surface area contributed by atoms with Gasteiger partial charge in [-0.3, -0.25) is 4.79 Å². The Morgan fingerprint density at radius 2 is 2.47 bits per heavy atom. The van der Waals surface area contributed by atoms with Crippen molar-refractivity contribution in [2.45, 2.75) is 32.7 Å². The molecule has 1 amide bonds. The number of carbonyl (C=O) groups excluding carboxylic acids is 1. The van der Waals surface area contributed by atoms with Crippen molar-refractivity contribution in [2.24, 2.45) is 17.6 Å². The molecule has 2 atom stereocenters. The Morgan fingerprint density at radius 1 is 1.65 bits per heavy atom. The fraction of sp³-hybridized carbons (Fsp3) is 0.667. The van der Waals surface area contributed by atoms with Gasteiger partial charge in [0.25, 0.3) is 0 Å². The molecule has 1 aliphatic rings. The van der Waals surface area contributed by atoms with Gasteiger partial charge >= 0.3 is 0 Å². The molecule has 17 heavy (non-hydrogen) atoms. The van der Waals surface area contributed by atoms with Crippen molar-refractivity contribution in [3.8, 4) is 0 Å². The molecule has 1 fully saturated rings. The predicted molar refractivity (Wildman–Crippen MR) is 63.0 cm³/mol. The van der Waals surface area contributed by atoms with Crippen LogP contribution in [0.3, 0.4) is 0 Å². The second-order valence-corrected chi connectivity index (χ2v) is 4.69. The number of aromatic nitrogens is 1. The van der Waals surface area contributed by atoms with E-state index >= 15 is 0 Å². The monoisotopic (exact) mass is 237 g/mol. The van der Waals surface area contributed by atoms with Crippen LogP contribution in [0.1, 0.15) is 30.7 Å². The van der Waals surface area contributed by atoms with Crippen molar-refractivity contribution in [3.63, 3.8) is 0 Å². The molecule has 0 unspecified atom stereocenters. The number of amides is 1. The van der Waals surface area contributed by atoms with Crippen molar-refractivity contribution in [2.75, 3.05) is 6.54 Å². The van der Waals surface area contributed by atoms with Crippen LogP contribution in [0, 0.1) is 18.8 Å². The van der Waals surface area contributed by atoms with E-state index in [0.717, 1.165) is 25.0 Å². The summed E-state index contributed by atoms with van der Waals surface area (Å²) in [6, 6.07) is 1.83. The van der Waals surface area contributed by atoms with Gasteiger partial charge in [-0.05, 0) is 32.2 Å². The van der Waals surface area contributed by atoms with E-state index in [1.54, 1.807) is 0 Å². The van der Waals surface area contributed by atoms with E-state index in [2.05, 4.69) is 10.5 Å². The van der Waals surface area contributed by atoms with E-state index in [-0.39, 0.29) is 11.8 Å². The molecule has 0 bridgehead atoms. The molecular formula is C12H19N3O2. The SMILES string of the molecule is Cc1cc(CNC(=O)[C@@H]2CCC[C@@H]2CN)on1. The van der Waals surface area contributed by atoms with E-state index in [4.69, 9.17) is 10.3 Å². The fourth-order valence-corrected chi connectivity index (χ4v) is 2.47. The highest BCUT2D eigenvalue weighted by Gasteiger charge is 2.31. The molecule has 1 aromatic rings. The highest BCUT2D eigenvalue weighted by Crippen LogP contribution is 2.30. The Morgan fingerprint density at radius 3 is 3.12 bits per heavy atom. The summed E-state index contributed by atoms with van der Waals surface area (Å²) < 4.78 is 5.04. The highest BCUT2D eigenvalue weighted by molar-refractivity contribution is 5.79. The molecule has 0 aliphatic heterocycles. The molecule has 5 nitrogen and oxygen atoms in total. The molecule has 3 N–H and O–H groups in total. The summed E-state index contributed by atoms with van der Waals surface area (Å²) in [6.45, 7) is 2.86. The molecule has 1 aliphatic carbocycles. The molecule has 2 rings (SSSR count). The first-order valence-corrected chi connectivity index (χ1v) is 6.10. The largest absolute Gasteiger partial charge is 0.359 e. The Bertz CT molecular complexity index is 389. The van der Waals surface area contributed by atoms with Crippen LogP contribution in [0.25, 0.3) is 0 Å². The minimum Gasteiger partial charge on any atom is -0.359 e. The molecule has 1 saturated carbocycles. The quantitative estimate of drug-likeness (QED) is 0.817. The molecule has 0 aromatic carbocycles. The van der Waals surface area contributed by atoms with Gasteiger partial charge in [0, 0.05) is 12.0 Å². The molecule has 94 valence electrons. The maximum absolute atomic E-state index is 12.0. The van der Waals surface area contributed by atoms with Crippen molar-refractivity contribution >= 4 is 5.91 Å². The lowest BCUT2D eigenvalue weighted by Gasteiger charge is -2.16. The van der Waals surface area contributed by atoms with Crippen LogP contribution in [0.15, 0.2) is 10.6 Å². The number of nitrogens with zero attached hydrogens (tertiary/aromatic N) is 1. The van der Waals surface area contributed by atoms with Crippen LogP contribution in [-0.2, 0) is 11.3 Å². The molecule has 0 radical (unpaired) electrons. The van der Waals surface area contributed by atoms with Gasteiger partial charge in [0.1, 0.15) is 0 Å². The summed E-state index contributed by atoms with van der Waals surface area (Å²) in [6.07, 6.45) is 3.11. The zero-order valence-electron chi connectivity index (χ0n) is 10.1. The van der Waals surface area contributed by atoms with Gasteiger partial charge in [0.15, 0.2) is 5.76 Å². The van der Waals surface area contributed by atoms with Crippen molar-refractivity contribution < 1.29 is 9.32 Å². The minimum atomic E-state index is 0.0732. The lowest BCUT2D eigenvalue weighted by atomic mass is 9.95. The minimum absolute atomic E-state index is 0.0732. The lowest BCUT2D eigenvalue weighted by molar-refractivity contribution is -0.126. The topological polar surface area (TPSA) is 81.2 Å². The van der Waals surface area contributed by atoms with Crippen LogP contribution in [-0.4, -0.2) is 17.6 Å². The third-order valence-electron chi connectivity index (χ3n) is 3.41. The van der Waals surface area contributed by atoms with Gasteiger partial charge in [-0.15, -0.1) is 0 Å². The van der Waals surface area contributed by atoms with Gasteiger partial charge < -0.3 is 15.6 Å². The average molecular weight is 237 g/mol. The lowest BCUT2D eigenvalue weighted by Crippen LogP contribution is -2.34. The van der Waals surface area contributed by atoms with Crippen molar-refractivity contribution in [1.29, 1.82) is 0 Å². The summed E-state index contributed by atoms with van der Waals surface area (Å²) in [5, 5.41) is 6.67. The fourth-order valence-electron chi connectivity index (χ4n) is 2.47. The zero-order chi connectivity index (χ0) is 12.3. The van der Waals surface area contributed by atoms with Crippen LogP contribution < -0.4 is 11.1 Å². The normalized spacial score (nSPS) is 23.9. The average Bonchev–Trinajstić information content (AvgIpc) is 2.94. The van der Waals surface area contributed by atoms with Gasteiger partial charge in [-0.2, -0.15) is 0 Å². The summed E-state index contributed by atoms with van der Waals surface area (Å²) in [4.78, 5) is 12.0. The number of aryl methyl sites for hydroxylation is 1. The third kappa shape index (κ3) is 2.85. The second kappa shape index (κ2) is 5.31. The number of nitrogens with two attached hydrogens (primary N) is 1. The first-order valence-electron chi connectivity index (χ1n) is 6.10. The number of nitrogens with one attached hydrogen (secondary N) is 1. The first kappa shape index (κ1) is 12.1. The van der Waals surface area contributed by atoms with Crippen LogP contribution in [0.4, 0.5) is 0 Å². The van der Waals surface area contributed by atoms with Crippen LogP contribution in [0.2, 0.25) is 0 Å². The Hall–Kier alpha value is -1.36. The van der Waals surface area contributed by atoms with E-state index in [9.17, 15) is 4.79 Å². The highest BCUT2D eigenvalue weighted by atomic mass is 16.5. The zero-order valence-corrected chi connectivity index (χ0v) is 10.1. The number of hydrogen-bond acceptors (Lipinski definition) is 4. The van der Waals surface area contributed by atoms with E-state index in [1.165, 1.54) is 0 Å². The Kier molecular flexibility index (Phi) is 3.78. The number of rotatable bonds is 4. The Labute approximate surface area is 101 Å². The summed E-state index contributed by atoms with van der Waals surface area (Å²) >= 11 is 0. The predicted octanol–water partition coefficient (Wildman–Crippen LogP) is 0.974. The standard InChI is InChI=1S/C12H19N3O2/c1-8-5-10(17-15-8)7-14-12(16)11-4-2-3-9(11)6-13/h5,9,11H,2-4,6-7,13H2,1H3,(H,14,16)/t9-,11-/m1/s1. The number of carbonyl (C=O) groups is 1. The van der Waals surface area contributed by atoms with Crippen molar-refractivity contribution in [3.05, 3.63) is 17.5 Å².